The Bertz CT molecular complexity index is 448. The van der Waals surface area contributed by atoms with Gasteiger partial charge in [-0.05, 0) is 30.7 Å². The highest BCUT2D eigenvalue weighted by molar-refractivity contribution is 6.49. The van der Waals surface area contributed by atoms with Crippen molar-refractivity contribution in [1.29, 1.82) is 0 Å². The van der Waals surface area contributed by atoms with Crippen molar-refractivity contribution in [2.75, 3.05) is 0 Å². The second-order valence-electron chi connectivity index (χ2n) is 4.23. The molecule has 0 saturated carbocycles. The van der Waals surface area contributed by atoms with E-state index >= 15 is 0 Å². The zero-order chi connectivity index (χ0) is 15.1. The summed E-state index contributed by atoms with van der Waals surface area (Å²) < 4.78 is 35.0. The van der Waals surface area contributed by atoms with Crippen LogP contribution in [0.1, 0.15) is 18.9 Å². The first-order valence-electron chi connectivity index (χ1n) is 4.95. The summed E-state index contributed by atoms with van der Waals surface area (Å²) in [5, 5.41) is 0.521. The SMILES string of the molecule is CC(Cl)(CC(Cl)(Cl)C(F)(F)F)c1cc(Cl)cc(Cl)c1. The predicted molar refractivity (Wildman–Crippen MR) is 74.8 cm³/mol. The molecule has 0 fully saturated rings. The van der Waals surface area contributed by atoms with Crippen LogP contribution in [0, 0.1) is 0 Å². The van der Waals surface area contributed by atoms with Crippen LogP contribution in [-0.2, 0) is 4.87 Å². The molecule has 0 bridgehead atoms. The lowest BCUT2D eigenvalue weighted by atomic mass is 9.94. The Morgan fingerprint density at radius 1 is 0.947 bits per heavy atom. The highest BCUT2D eigenvalue weighted by atomic mass is 35.5. The number of rotatable bonds is 3. The molecule has 1 aromatic rings. The lowest BCUT2D eigenvalue weighted by molar-refractivity contribution is -0.144. The van der Waals surface area contributed by atoms with Crippen molar-refractivity contribution in [1.82, 2.24) is 0 Å². The van der Waals surface area contributed by atoms with Gasteiger partial charge in [0.25, 0.3) is 0 Å². The average Bonchev–Trinajstić information content (AvgIpc) is 2.12. The molecule has 0 aliphatic heterocycles. The summed E-state index contributed by atoms with van der Waals surface area (Å²) in [7, 11) is 0. The van der Waals surface area contributed by atoms with Crippen LogP contribution < -0.4 is 0 Å². The molecule has 0 amide bonds. The third-order valence-corrected chi connectivity index (χ3v) is 3.92. The van der Waals surface area contributed by atoms with Crippen molar-refractivity contribution >= 4 is 58.0 Å². The summed E-state index contributed by atoms with van der Waals surface area (Å²) >= 11 is 28.3. The van der Waals surface area contributed by atoms with Crippen molar-refractivity contribution in [2.45, 2.75) is 28.7 Å². The van der Waals surface area contributed by atoms with Crippen LogP contribution in [0.3, 0.4) is 0 Å². The van der Waals surface area contributed by atoms with E-state index in [1.54, 1.807) is 0 Å². The summed E-state index contributed by atoms with van der Waals surface area (Å²) in [6.45, 7) is 1.36. The minimum atomic E-state index is -4.80. The summed E-state index contributed by atoms with van der Waals surface area (Å²) in [6, 6.07) is 4.28. The van der Waals surface area contributed by atoms with Crippen molar-refractivity contribution in [3.05, 3.63) is 33.8 Å². The zero-order valence-corrected chi connectivity index (χ0v) is 13.2. The Hall–Kier alpha value is 0.460. The van der Waals surface area contributed by atoms with Gasteiger partial charge in [0.15, 0.2) is 0 Å². The minimum Gasteiger partial charge on any atom is -0.168 e. The third-order valence-electron chi connectivity index (χ3n) is 2.43. The lowest BCUT2D eigenvalue weighted by Gasteiger charge is -2.31. The van der Waals surface area contributed by atoms with Gasteiger partial charge in [0.1, 0.15) is 0 Å². The van der Waals surface area contributed by atoms with Gasteiger partial charge in [0.05, 0.1) is 4.87 Å². The highest BCUT2D eigenvalue weighted by Gasteiger charge is 2.55. The van der Waals surface area contributed by atoms with Gasteiger partial charge in [-0.3, -0.25) is 0 Å². The molecular weight excluding hydrogens is 366 g/mol. The molecule has 0 nitrogen and oxygen atoms in total. The zero-order valence-electron chi connectivity index (χ0n) is 9.46. The van der Waals surface area contributed by atoms with E-state index in [4.69, 9.17) is 58.0 Å². The Morgan fingerprint density at radius 3 is 1.74 bits per heavy atom. The maximum Gasteiger partial charge on any atom is 0.421 e. The molecule has 1 unspecified atom stereocenters. The van der Waals surface area contributed by atoms with Gasteiger partial charge in [-0.2, -0.15) is 13.2 Å². The van der Waals surface area contributed by atoms with Crippen molar-refractivity contribution in [3.63, 3.8) is 0 Å². The van der Waals surface area contributed by atoms with Crippen molar-refractivity contribution < 1.29 is 13.2 Å². The van der Waals surface area contributed by atoms with Crippen LogP contribution in [0.15, 0.2) is 18.2 Å². The molecule has 19 heavy (non-hydrogen) atoms. The monoisotopic (exact) mass is 372 g/mol. The smallest absolute Gasteiger partial charge is 0.168 e. The maximum absolute atomic E-state index is 12.7. The largest absolute Gasteiger partial charge is 0.421 e. The molecule has 8 heteroatoms. The third kappa shape index (κ3) is 4.47. The van der Waals surface area contributed by atoms with Gasteiger partial charge in [0, 0.05) is 16.5 Å². The van der Waals surface area contributed by atoms with E-state index in [1.807, 2.05) is 0 Å². The summed E-state index contributed by atoms with van der Waals surface area (Å²) in [4.78, 5) is -1.46. The molecule has 1 atom stereocenters. The van der Waals surface area contributed by atoms with Crippen LogP contribution in [0.4, 0.5) is 13.2 Å². The highest BCUT2D eigenvalue weighted by Crippen LogP contribution is 2.50. The number of halogens is 8. The molecule has 1 rings (SSSR count). The standard InChI is InChI=1S/C11H8Cl5F3/c1-9(14,5-10(15,16)11(17,18)19)6-2-7(12)4-8(13)3-6/h2-4H,5H2,1H3. The Morgan fingerprint density at radius 2 is 1.37 bits per heavy atom. The fourth-order valence-electron chi connectivity index (χ4n) is 1.47. The quantitative estimate of drug-likeness (QED) is 0.525. The van der Waals surface area contributed by atoms with E-state index in [0.717, 1.165) is 0 Å². The first kappa shape index (κ1) is 17.5. The van der Waals surface area contributed by atoms with E-state index in [9.17, 15) is 13.2 Å². The van der Waals surface area contributed by atoms with Crippen LogP contribution in [0.5, 0.6) is 0 Å². The average molecular weight is 374 g/mol. The van der Waals surface area contributed by atoms with Crippen LogP contribution >= 0.6 is 58.0 Å². The van der Waals surface area contributed by atoms with E-state index in [2.05, 4.69) is 0 Å². The van der Waals surface area contributed by atoms with Gasteiger partial charge >= 0.3 is 6.18 Å². The molecule has 0 spiro atoms. The van der Waals surface area contributed by atoms with Gasteiger partial charge in [-0.15, -0.1) is 11.6 Å². The molecule has 108 valence electrons. The molecule has 1 aromatic carbocycles. The fourth-order valence-corrected chi connectivity index (χ4v) is 2.98. The Labute approximate surface area is 133 Å². The summed E-state index contributed by atoms with van der Waals surface area (Å²) in [6.07, 6.45) is -5.54. The van der Waals surface area contributed by atoms with Gasteiger partial charge in [0.2, 0.25) is 4.33 Å². The fraction of sp³-hybridized carbons (Fsp3) is 0.455. The van der Waals surface area contributed by atoms with E-state index < -0.39 is 21.8 Å². The molecule has 0 saturated heterocycles. The molecular formula is C11H8Cl5F3. The second kappa shape index (κ2) is 5.69. The number of benzene rings is 1. The molecule has 0 heterocycles. The molecule has 0 N–H and O–H groups in total. The molecule has 0 aliphatic rings. The first-order chi connectivity index (χ1) is 8.35. The van der Waals surface area contributed by atoms with Crippen LogP contribution in [0.2, 0.25) is 10.0 Å². The van der Waals surface area contributed by atoms with E-state index in [1.165, 1.54) is 25.1 Å². The Balaban J connectivity index is 3.11. The number of hydrogen-bond acceptors (Lipinski definition) is 0. The summed E-state index contributed by atoms with van der Waals surface area (Å²) in [5.41, 5.74) is 0.307. The van der Waals surface area contributed by atoms with Crippen molar-refractivity contribution in [3.8, 4) is 0 Å². The minimum absolute atomic E-state index is 0.260. The molecule has 0 aliphatic carbocycles. The normalized spacial score (nSPS) is 16.3. The molecule has 0 radical (unpaired) electrons. The van der Waals surface area contributed by atoms with Gasteiger partial charge < -0.3 is 0 Å². The second-order valence-corrected chi connectivity index (χ2v) is 7.43. The lowest BCUT2D eigenvalue weighted by Crippen LogP contribution is -2.39. The Kier molecular flexibility index (Phi) is 5.24. The summed E-state index contributed by atoms with van der Waals surface area (Å²) in [5.74, 6) is 0. The number of alkyl halides is 6. The van der Waals surface area contributed by atoms with Crippen LogP contribution in [-0.4, -0.2) is 10.5 Å². The maximum atomic E-state index is 12.7. The predicted octanol–water partition coefficient (Wildman–Crippen LogP) is 6.57. The van der Waals surface area contributed by atoms with Gasteiger partial charge in [-0.25, -0.2) is 0 Å². The topological polar surface area (TPSA) is 0 Å². The molecule has 0 aromatic heterocycles. The van der Waals surface area contributed by atoms with E-state index in [-0.39, 0.29) is 10.0 Å². The van der Waals surface area contributed by atoms with Crippen molar-refractivity contribution in [2.24, 2.45) is 0 Å². The first-order valence-corrected chi connectivity index (χ1v) is 6.84. The van der Waals surface area contributed by atoms with Gasteiger partial charge in [-0.1, -0.05) is 46.4 Å². The number of hydrogen-bond donors (Lipinski definition) is 0. The van der Waals surface area contributed by atoms with E-state index in [0.29, 0.717) is 5.56 Å². The van der Waals surface area contributed by atoms with Crippen LogP contribution in [0.25, 0.3) is 0 Å².